The number of rotatable bonds is 2. The maximum Gasteiger partial charge on any atom is 0.243 e. The van der Waals surface area contributed by atoms with Gasteiger partial charge in [0, 0.05) is 17.6 Å². The van der Waals surface area contributed by atoms with Crippen LogP contribution >= 0.6 is 0 Å². The van der Waals surface area contributed by atoms with Crippen LogP contribution in [0, 0.1) is 11.8 Å². The molecule has 1 fully saturated rings. The second-order valence-electron chi connectivity index (χ2n) is 5.52. The highest BCUT2D eigenvalue weighted by Crippen LogP contribution is 2.33. The maximum absolute atomic E-state index is 12.6. The van der Waals surface area contributed by atoms with E-state index in [1.54, 1.807) is 28.6 Å². The van der Waals surface area contributed by atoms with Crippen molar-refractivity contribution in [3.05, 3.63) is 29.8 Å². The van der Waals surface area contributed by atoms with Gasteiger partial charge in [0.15, 0.2) is 0 Å². The molecule has 2 N–H and O–H groups in total. The zero-order chi connectivity index (χ0) is 14.8. The van der Waals surface area contributed by atoms with E-state index < -0.39 is 10.0 Å². The predicted molar refractivity (Wildman–Crippen MR) is 79.6 cm³/mol. The van der Waals surface area contributed by atoms with E-state index in [1.807, 2.05) is 13.8 Å². The van der Waals surface area contributed by atoms with Gasteiger partial charge in [-0.15, -0.1) is 0 Å². The molecule has 1 aromatic carbocycles. The van der Waals surface area contributed by atoms with Gasteiger partial charge in [0.2, 0.25) is 10.0 Å². The average molecular weight is 292 g/mol. The Kier molecular flexibility index (Phi) is 4.19. The van der Waals surface area contributed by atoms with Crippen molar-refractivity contribution in [1.29, 1.82) is 0 Å². The minimum atomic E-state index is -3.42. The van der Waals surface area contributed by atoms with Gasteiger partial charge in [-0.05, 0) is 51.0 Å². The molecular formula is C15H20N2O2S. The van der Waals surface area contributed by atoms with E-state index in [0.29, 0.717) is 18.0 Å². The van der Waals surface area contributed by atoms with Gasteiger partial charge in [0.1, 0.15) is 0 Å². The molecule has 4 nitrogen and oxygen atoms in total. The van der Waals surface area contributed by atoms with Crippen molar-refractivity contribution in [2.24, 2.45) is 5.73 Å². The van der Waals surface area contributed by atoms with Crippen molar-refractivity contribution in [2.45, 2.75) is 37.1 Å². The molecule has 1 heterocycles. The topological polar surface area (TPSA) is 63.4 Å². The summed E-state index contributed by atoms with van der Waals surface area (Å²) < 4.78 is 26.9. The molecule has 0 aliphatic carbocycles. The molecule has 5 heteroatoms. The molecule has 1 aliphatic rings. The van der Waals surface area contributed by atoms with E-state index in [9.17, 15) is 8.42 Å². The molecule has 1 aliphatic heterocycles. The molecule has 0 unspecified atom stereocenters. The Morgan fingerprint density at radius 1 is 1.30 bits per heavy atom. The first-order chi connectivity index (χ1) is 9.38. The Labute approximate surface area is 121 Å². The summed E-state index contributed by atoms with van der Waals surface area (Å²) in [5, 5.41) is 0. The van der Waals surface area contributed by atoms with E-state index in [1.165, 1.54) is 0 Å². The molecule has 0 aromatic heterocycles. The summed E-state index contributed by atoms with van der Waals surface area (Å²) >= 11 is 0. The van der Waals surface area contributed by atoms with Crippen molar-refractivity contribution in [2.75, 3.05) is 13.1 Å². The molecule has 0 bridgehead atoms. The summed E-state index contributed by atoms with van der Waals surface area (Å²) in [6, 6.07) is 6.67. The van der Waals surface area contributed by atoms with Crippen LogP contribution in [0.1, 0.15) is 32.3 Å². The molecule has 1 aromatic rings. The molecule has 0 atom stereocenters. The van der Waals surface area contributed by atoms with Crippen LogP contribution in [0.4, 0.5) is 0 Å². The molecule has 0 radical (unpaired) electrons. The van der Waals surface area contributed by atoms with Crippen LogP contribution < -0.4 is 5.73 Å². The third kappa shape index (κ3) is 2.88. The summed E-state index contributed by atoms with van der Waals surface area (Å²) in [5.41, 5.74) is 5.78. The molecule has 2 rings (SSSR count). The lowest BCUT2D eigenvalue weighted by molar-refractivity contribution is 0.292. The third-order valence-corrected chi connectivity index (χ3v) is 5.73. The molecular weight excluding hydrogens is 272 g/mol. The van der Waals surface area contributed by atoms with Crippen LogP contribution in [-0.4, -0.2) is 31.4 Å². The molecule has 0 spiro atoms. The first-order valence-electron chi connectivity index (χ1n) is 6.70. The molecule has 0 saturated carbocycles. The zero-order valence-corrected chi connectivity index (χ0v) is 12.7. The fourth-order valence-corrected chi connectivity index (χ4v) is 4.36. The third-order valence-electron chi connectivity index (χ3n) is 3.60. The lowest BCUT2D eigenvalue weighted by Crippen LogP contribution is -2.42. The van der Waals surface area contributed by atoms with Crippen LogP contribution in [0.25, 0.3) is 0 Å². The standard InChI is InChI=1S/C15H20N2O2S/c1-15(2)10-4-12-17(15)20(18,19)14-8-6-13(7-9-14)5-3-11-16/h6-9H,4,10-12,16H2,1-2H3. The number of hydrogen-bond donors (Lipinski definition) is 1. The molecule has 1 saturated heterocycles. The van der Waals surface area contributed by atoms with Crippen molar-refractivity contribution in [1.82, 2.24) is 4.31 Å². The monoisotopic (exact) mass is 292 g/mol. The lowest BCUT2D eigenvalue weighted by atomic mass is 10.0. The van der Waals surface area contributed by atoms with Gasteiger partial charge in [0.25, 0.3) is 0 Å². The van der Waals surface area contributed by atoms with Crippen molar-refractivity contribution < 1.29 is 8.42 Å². The van der Waals surface area contributed by atoms with Crippen molar-refractivity contribution >= 4 is 10.0 Å². The van der Waals surface area contributed by atoms with Gasteiger partial charge >= 0.3 is 0 Å². The van der Waals surface area contributed by atoms with Gasteiger partial charge in [-0.2, -0.15) is 4.31 Å². The number of nitrogens with zero attached hydrogens (tertiary/aromatic N) is 1. The van der Waals surface area contributed by atoms with E-state index >= 15 is 0 Å². The largest absolute Gasteiger partial charge is 0.320 e. The van der Waals surface area contributed by atoms with Gasteiger partial charge in [-0.1, -0.05) is 11.8 Å². The number of hydrogen-bond acceptors (Lipinski definition) is 3. The van der Waals surface area contributed by atoms with Crippen LogP contribution in [0.15, 0.2) is 29.2 Å². The Hall–Kier alpha value is -1.35. The van der Waals surface area contributed by atoms with E-state index in [2.05, 4.69) is 11.8 Å². The normalized spacial score (nSPS) is 18.6. The summed E-state index contributed by atoms with van der Waals surface area (Å²) in [4.78, 5) is 0.325. The second-order valence-corrected chi connectivity index (χ2v) is 7.39. The lowest BCUT2D eigenvalue weighted by Gasteiger charge is -2.30. The molecule has 108 valence electrons. The van der Waals surface area contributed by atoms with Crippen LogP contribution in [0.3, 0.4) is 0 Å². The summed E-state index contributed by atoms with van der Waals surface area (Å²) in [6.07, 6.45) is 1.80. The number of benzene rings is 1. The quantitative estimate of drug-likeness (QED) is 0.841. The van der Waals surface area contributed by atoms with Crippen LogP contribution in [0.5, 0.6) is 0 Å². The van der Waals surface area contributed by atoms with E-state index in [4.69, 9.17) is 5.73 Å². The predicted octanol–water partition coefficient (Wildman–Crippen LogP) is 1.56. The fraction of sp³-hybridized carbons (Fsp3) is 0.467. The summed E-state index contributed by atoms with van der Waals surface area (Å²) in [6.45, 7) is 4.82. The number of nitrogens with two attached hydrogens (primary N) is 1. The second kappa shape index (κ2) is 5.57. The van der Waals surface area contributed by atoms with Gasteiger partial charge < -0.3 is 5.73 Å². The summed E-state index contributed by atoms with van der Waals surface area (Å²) in [7, 11) is -3.42. The van der Waals surface area contributed by atoms with Crippen LogP contribution in [-0.2, 0) is 10.0 Å². The first kappa shape index (κ1) is 15.0. The van der Waals surface area contributed by atoms with E-state index in [0.717, 1.165) is 18.4 Å². The minimum absolute atomic E-state index is 0.294. The van der Waals surface area contributed by atoms with E-state index in [-0.39, 0.29) is 5.54 Å². The number of sulfonamides is 1. The van der Waals surface area contributed by atoms with Crippen molar-refractivity contribution in [3.8, 4) is 11.8 Å². The minimum Gasteiger partial charge on any atom is -0.320 e. The molecule has 0 amide bonds. The smallest absolute Gasteiger partial charge is 0.243 e. The Morgan fingerprint density at radius 2 is 1.95 bits per heavy atom. The SMILES string of the molecule is CC1(C)CCCN1S(=O)(=O)c1ccc(C#CCN)cc1. The average Bonchev–Trinajstić information content (AvgIpc) is 2.77. The van der Waals surface area contributed by atoms with Crippen LogP contribution in [0.2, 0.25) is 0 Å². The Morgan fingerprint density at radius 3 is 2.45 bits per heavy atom. The Balaban J connectivity index is 2.31. The highest BCUT2D eigenvalue weighted by atomic mass is 32.2. The highest BCUT2D eigenvalue weighted by molar-refractivity contribution is 7.89. The first-order valence-corrected chi connectivity index (χ1v) is 8.14. The van der Waals surface area contributed by atoms with Crippen molar-refractivity contribution in [3.63, 3.8) is 0 Å². The highest BCUT2D eigenvalue weighted by Gasteiger charge is 2.40. The van der Waals surface area contributed by atoms with Gasteiger partial charge in [0.05, 0.1) is 11.4 Å². The zero-order valence-electron chi connectivity index (χ0n) is 11.9. The summed E-state index contributed by atoms with van der Waals surface area (Å²) in [5.74, 6) is 5.63. The van der Waals surface area contributed by atoms with Gasteiger partial charge in [-0.25, -0.2) is 8.42 Å². The maximum atomic E-state index is 12.6. The molecule has 20 heavy (non-hydrogen) atoms. The van der Waals surface area contributed by atoms with Gasteiger partial charge in [-0.3, -0.25) is 0 Å². The fourth-order valence-electron chi connectivity index (χ4n) is 2.52. The Bertz CT molecular complexity index is 637.